The number of hydrogen-bond acceptors (Lipinski definition) is 7. The molecule has 8 nitrogen and oxygen atoms in total. The van der Waals surface area contributed by atoms with Gasteiger partial charge in [0.2, 0.25) is 15.9 Å². The minimum absolute atomic E-state index is 0.279. The van der Waals surface area contributed by atoms with Crippen molar-refractivity contribution in [2.75, 3.05) is 24.7 Å². The quantitative estimate of drug-likeness (QED) is 0.563. The van der Waals surface area contributed by atoms with Crippen LogP contribution >= 0.6 is 0 Å². The molecule has 0 amide bonds. The molecule has 3 N–H and O–H groups in total. The van der Waals surface area contributed by atoms with E-state index in [9.17, 15) is 8.42 Å². The number of hydrogen-bond donors (Lipinski definition) is 3. The summed E-state index contributed by atoms with van der Waals surface area (Å²) in [5.41, 5.74) is -0.650. The average Bonchev–Trinajstić information content (AvgIpc) is 2.72. The first-order chi connectivity index (χ1) is 9.22. The maximum Gasteiger partial charge on any atom is 0.315 e. The third-order valence-corrected chi connectivity index (χ3v) is 3.24. The van der Waals surface area contributed by atoms with Crippen molar-refractivity contribution in [2.24, 2.45) is 0 Å². The smallest absolute Gasteiger partial charge is 0.315 e. The summed E-state index contributed by atoms with van der Waals surface area (Å²) in [6.45, 7) is 7.35. The first kappa shape index (κ1) is 16.9. The van der Waals surface area contributed by atoms with Crippen molar-refractivity contribution in [3.63, 3.8) is 0 Å². The minimum atomic E-state index is -3.26. The lowest BCUT2D eigenvalue weighted by Crippen LogP contribution is -2.47. The molecule has 1 aromatic heterocycles. The summed E-state index contributed by atoms with van der Waals surface area (Å²) in [5.74, 6) is 0.495. The van der Waals surface area contributed by atoms with Crippen LogP contribution in [0.25, 0.3) is 0 Å². The van der Waals surface area contributed by atoms with E-state index in [1.165, 1.54) is 0 Å². The van der Waals surface area contributed by atoms with Gasteiger partial charge < -0.3 is 15.1 Å². The van der Waals surface area contributed by atoms with E-state index in [1.807, 2.05) is 0 Å². The van der Waals surface area contributed by atoms with E-state index in [-0.39, 0.29) is 6.01 Å². The molecule has 0 aliphatic heterocycles. The maximum atomic E-state index is 11.2. The first-order valence-corrected chi connectivity index (χ1v) is 8.37. The van der Waals surface area contributed by atoms with E-state index in [4.69, 9.17) is 4.42 Å². The second kappa shape index (κ2) is 7.00. The second-order valence-electron chi connectivity index (χ2n) is 5.29. The minimum Gasteiger partial charge on any atom is -0.407 e. The fourth-order valence-corrected chi connectivity index (χ4v) is 2.68. The van der Waals surface area contributed by atoms with Gasteiger partial charge in [-0.1, -0.05) is 12.0 Å². The van der Waals surface area contributed by atoms with Crippen molar-refractivity contribution in [1.82, 2.24) is 20.2 Å². The zero-order valence-corrected chi connectivity index (χ0v) is 13.2. The normalized spacial score (nSPS) is 12.6. The molecule has 9 heteroatoms. The van der Waals surface area contributed by atoms with E-state index in [0.29, 0.717) is 19.0 Å². The number of anilines is 1. The zero-order chi connectivity index (χ0) is 15.2. The summed E-state index contributed by atoms with van der Waals surface area (Å²) in [4.78, 5) is 0. The Labute approximate surface area is 119 Å². The van der Waals surface area contributed by atoms with Crippen LogP contribution in [0.3, 0.4) is 0 Å². The molecule has 0 unspecified atom stereocenters. The molecular weight excluding hydrogens is 282 g/mol. The molecule has 0 aromatic carbocycles. The fraction of sp³-hybridized carbons (Fsp3) is 0.818. The maximum absolute atomic E-state index is 11.2. The predicted molar refractivity (Wildman–Crippen MR) is 76.8 cm³/mol. The van der Waals surface area contributed by atoms with Gasteiger partial charge in [-0.25, -0.2) is 13.1 Å². The molecular formula is C11H23N5O3S. The van der Waals surface area contributed by atoms with Crippen molar-refractivity contribution in [1.29, 1.82) is 0 Å². The Balaban J connectivity index is 2.45. The number of sulfonamides is 1. The number of aromatic nitrogens is 2. The van der Waals surface area contributed by atoms with Crippen LogP contribution in [-0.4, -0.2) is 43.5 Å². The zero-order valence-electron chi connectivity index (χ0n) is 12.4. The molecule has 1 heterocycles. The van der Waals surface area contributed by atoms with Gasteiger partial charge in [0.15, 0.2) is 0 Å². The summed E-state index contributed by atoms with van der Waals surface area (Å²) in [6, 6.07) is 0.279. The van der Waals surface area contributed by atoms with Gasteiger partial charge in [-0.05, 0) is 26.8 Å². The number of nitrogens with zero attached hydrogens (tertiary/aromatic N) is 2. The summed E-state index contributed by atoms with van der Waals surface area (Å²) in [6.07, 6.45) is 2.16. The summed E-state index contributed by atoms with van der Waals surface area (Å²) < 4.78 is 30.3. The summed E-state index contributed by atoms with van der Waals surface area (Å²) in [7, 11) is -3.26. The SMILES string of the molecule is CCCNCc1nnc(NCC(C)(C)NS(C)(=O)=O)o1. The summed E-state index contributed by atoms with van der Waals surface area (Å²) in [5, 5.41) is 13.8. The van der Waals surface area contributed by atoms with Gasteiger partial charge in [-0.2, -0.15) is 0 Å². The van der Waals surface area contributed by atoms with Crippen molar-refractivity contribution in [3.05, 3.63) is 5.89 Å². The lowest BCUT2D eigenvalue weighted by Gasteiger charge is -2.24. The van der Waals surface area contributed by atoms with E-state index in [0.717, 1.165) is 19.2 Å². The van der Waals surface area contributed by atoms with E-state index in [1.54, 1.807) is 13.8 Å². The van der Waals surface area contributed by atoms with Gasteiger partial charge in [0.25, 0.3) is 0 Å². The molecule has 0 aliphatic rings. The molecule has 1 aromatic rings. The Hall–Kier alpha value is -1.19. The van der Waals surface area contributed by atoms with E-state index >= 15 is 0 Å². The molecule has 0 saturated heterocycles. The van der Waals surface area contributed by atoms with Crippen molar-refractivity contribution >= 4 is 16.0 Å². The third-order valence-electron chi connectivity index (χ3n) is 2.31. The van der Waals surface area contributed by atoms with Gasteiger partial charge >= 0.3 is 6.01 Å². The van der Waals surface area contributed by atoms with Gasteiger partial charge in [0.05, 0.1) is 12.8 Å². The van der Waals surface area contributed by atoms with E-state index < -0.39 is 15.6 Å². The Morgan fingerprint density at radius 2 is 2.00 bits per heavy atom. The second-order valence-corrected chi connectivity index (χ2v) is 7.04. The van der Waals surface area contributed by atoms with Crippen molar-refractivity contribution < 1.29 is 12.8 Å². The monoisotopic (exact) mass is 305 g/mol. The molecule has 0 saturated carbocycles. The predicted octanol–water partition coefficient (Wildman–Crippen LogP) is 0.309. The molecule has 0 fully saturated rings. The number of rotatable bonds is 9. The standard InChI is InChI=1S/C11H23N5O3S/c1-5-6-12-7-9-14-15-10(19-9)13-8-11(2,3)16-20(4,17)18/h12,16H,5-8H2,1-4H3,(H,13,15). The topological polar surface area (TPSA) is 109 Å². The van der Waals surface area contributed by atoms with Crippen LogP contribution in [0.1, 0.15) is 33.1 Å². The average molecular weight is 305 g/mol. The van der Waals surface area contributed by atoms with Crippen LogP contribution in [0.2, 0.25) is 0 Å². The van der Waals surface area contributed by atoms with Crippen molar-refractivity contribution in [3.8, 4) is 0 Å². The van der Waals surface area contributed by atoms with Gasteiger partial charge in [-0.15, -0.1) is 5.10 Å². The highest BCUT2D eigenvalue weighted by molar-refractivity contribution is 7.88. The first-order valence-electron chi connectivity index (χ1n) is 6.48. The Morgan fingerprint density at radius 3 is 2.60 bits per heavy atom. The molecule has 0 radical (unpaired) electrons. The lowest BCUT2D eigenvalue weighted by molar-refractivity contribution is 0.452. The Morgan fingerprint density at radius 1 is 1.30 bits per heavy atom. The van der Waals surface area contributed by atoms with Gasteiger partial charge in [0.1, 0.15) is 0 Å². The van der Waals surface area contributed by atoms with Gasteiger partial charge in [-0.3, -0.25) is 0 Å². The van der Waals surface area contributed by atoms with Crippen LogP contribution in [0, 0.1) is 0 Å². The van der Waals surface area contributed by atoms with Crippen LogP contribution < -0.4 is 15.4 Å². The van der Waals surface area contributed by atoms with Gasteiger partial charge in [0, 0.05) is 12.1 Å². The number of nitrogens with one attached hydrogen (secondary N) is 3. The molecule has 20 heavy (non-hydrogen) atoms. The fourth-order valence-electron chi connectivity index (χ4n) is 1.60. The molecule has 116 valence electrons. The highest BCUT2D eigenvalue weighted by Gasteiger charge is 2.22. The van der Waals surface area contributed by atoms with Crippen LogP contribution in [0.5, 0.6) is 0 Å². The van der Waals surface area contributed by atoms with Crippen molar-refractivity contribution in [2.45, 2.75) is 39.3 Å². The Kier molecular flexibility index (Phi) is 5.90. The third kappa shape index (κ3) is 6.83. The molecule has 0 aliphatic carbocycles. The lowest BCUT2D eigenvalue weighted by atomic mass is 10.1. The largest absolute Gasteiger partial charge is 0.407 e. The molecule has 0 atom stereocenters. The highest BCUT2D eigenvalue weighted by atomic mass is 32.2. The highest BCUT2D eigenvalue weighted by Crippen LogP contribution is 2.09. The summed E-state index contributed by atoms with van der Waals surface area (Å²) >= 11 is 0. The van der Waals surface area contributed by atoms with Crippen LogP contribution in [-0.2, 0) is 16.6 Å². The molecule has 0 bridgehead atoms. The van der Waals surface area contributed by atoms with Crippen LogP contribution in [0.4, 0.5) is 6.01 Å². The Bertz CT molecular complexity index is 512. The van der Waals surface area contributed by atoms with E-state index in [2.05, 4.69) is 32.5 Å². The molecule has 0 spiro atoms. The molecule has 1 rings (SSSR count). The van der Waals surface area contributed by atoms with Crippen LogP contribution in [0.15, 0.2) is 4.42 Å².